The molecular formula is C19H13N3O2. The minimum atomic E-state index is -0.445. The van der Waals surface area contributed by atoms with Crippen LogP contribution < -0.4 is 0 Å². The Hall–Kier alpha value is -3.34. The van der Waals surface area contributed by atoms with Crippen LogP contribution in [0.3, 0.4) is 0 Å². The van der Waals surface area contributed by atoms with Crippen molar-refractivity contribution in [2.75, 3.05) is 0 Å². The van der Waals surface area contributed by atoms with E-state index in [0.717, 1.165) is 11.3 Å². The van der Waals surface area contributed by atoms with Crippen LogP contribution in [0, 0.1) is 10.1 Å². The molecule has 0 saturated carbocycles. The average molecular weight is 315 g/mol. The highest BCUT2D eigenvalue weighted by Gasteiger charge is 2.14. The second-order valence-corrected chi connectivity index (χ2v) is 5.62. The molecular weight excluding hydrogens is 302 g/mol. The molecule has 3 aromatic rings. The molecule has 0 bridgehead atoms. The quantitative estimate of drug-likeness (QED) is 0.367. The van der Waals surface area contributed by atoms with Crippen molar-refractivity contribution in [2.24, 2.45) is 10.2 Å². The first kappa shape index (κ1) is 14.3. The van der Waals surface area contributed by atoms with Gasteiger partial charge in [-0.1, -0.05) is 48.5 Å². The summed E-state index contributed by atoms with van der Waals surface area (Å²) in [5.41, 5.74) is 3.31. The van der Waals surface area contributed by atoms with E-state index in [4.69, 9.17) is 0 Å². The molecule has 0 amide bonds. The lowest BCUT2D eigenvalue weighted by molar-refractivity contribution is -0.384. The molecule has 5 nitrogen and oxygen atoms in total. The summed E-state index contributed by atoms with van der Waals surface area (Å²) in [4.78, 5) is 10.6. The molecule has 0 aromatic heterocycles. The summed E-state index contributed by atoms with van der Waals surface area (Å²) in [5.74, 6) is 0. The van der Waals surface area contributed by atoms with E-state index >= 15 is 0 Å². The number of nitro groups is 1. The van der Waals surface area contributed by atoms with Crippen molar-refractivity contribution in [1.29, 1.82) is 0 Å². The van der Waals surface area contributed by atoms with Crippen LogP contribution in [0.25, 0.3) is 16.8 Å². The molecule has 4 rings (SSSR count). The molecule has 116 valence electrons. The second kappa shape index (κ2) is 5.70. The number of nitro benzene ring substituents is 1. The molecule has 0 saturated heterocycles. The van der Waals surface area contributed by atoms with Crippen LogP contribution in [0.15, 0.2) is 76.6 Å². The summed E-state index contributed by atoms with van der Waals surface area (Å²) in [5, 5.41) is 21.9. The SMILES string of the molecule is O=[N+]([O-])c1ccccc1N=NC1=Cc2cccc3cccc(c23)C1. The third-order valence-electron chi connectivity index (χ3n) is 4.08. The molecule has 0 fully saturated rings. The first-order chi connectivity index (χ1) is 11.7. The van der Waals surface area contributed by atoms with E-state index in [1.807, 2.05) is 24.3 Å². The van der Waals surface area contributed by atoms with Gasteiger partial charge in [0.2, 0.25) is 0 Å². The van der Waals surface area contributed by atoms with Gasteiger partial charge < -0.3 is 0 Å². The van der Waals surface area contributed by atoms with E-state index in [1.54, 1.807) is 18.2 Å². The van der Waals surface area contributed by atoms with Gasteiger partial charge in [-0.2, -0.15) is 5.11 Å². The van der Waals surface area contributed by atoms with Gasteiger partial charge in [0, 0.05) is 12.5 Å². The molecule has 0 spiro atoms. The number of benzene rings is 3. The van der Waals surface area contributed by atoms with Crippen LogP contribution in [0.4, 0.5) is 11.4 Å². The van der Waals surface area contributed by atoms with Crippen LogP contribution in [0.1, 0.15) is 11.1 Å². The number of hydrogen-bond acceptors (Lipinski definition) is 4. The van der Waals surface area contributed by atoms with E-state index < -0.39 is 4.92 Å². The fourth-order valence-electron chi connectivity index (χ4n) is 3.03. The number of nitrogens with zero attached hydrogens (tertiary/aromatic N) is 3. The molecule has 1 aliphatic carbocycles. The summed E-state index contributed by atoms with van der Waals surface area (Å²) in [6.07, 6.45) is 2.66. The lowest BCUT2D eigenvalue weighted by Crippen LogP contribution is -1.97. The minimum Gasteiger partial charge on any atom is -0.258 e. The third kappa shape index (κ3) is 2.46. The minimum absolute atomic E-state index is 0.0415. The summed E-state index contributed by atoms with van der Waals surface area (Å²) in [6.45, 7) is 0. The highest BCUT2D eigenvalue weighted by atomic mass is 16.6. The lowest BCUT2D eigenvalue weighted by atomic mass is 9.92. The van der Waals surface area contributed by atoms with Gasteiger partial charge in [0.05, 0.1) is 10.6 Å². The maximum Gasteiger partial charge on any atom is 0.296 e. The zero-order valence-corrected chi connectivity index (χ0v) is 12.7. The summed E-state index contributed by atoms with van der Waals surface area (Å²) in [7, 11) is 0. The molecule has 0 unspecified atom stereocenters. The Labute approximate surface area is 138 Å². The van der Waals surface area contributed by atoms with Crippen molar-refractivity contribution in [3.63, 3.8) is 0 Å². The number of para-hydroxylation sites is 1. The van der Waals surface area contributed by atoms with Crippen LogP contribution in [-0.4, -0.2) is 4.92 Å². The monoisotopic (exact) mass is 315 g/mol. The number of allylic oxidation sites excluding steroid dienone is 1. The van der Waals surface area contributed by atoms with Gasteiger partial charge in [-0.3, -0.25) is 10.1 Å². The van der Waals surface area contributed by atoms with Crippen molar-refractivity contribution in [3.8, 4) is 0 Å². The third-order valence-corrected chi connectivity index (χ3v) is 4.08. The van der Waals surface area contributed by atoms with Gasteiger partial charge in [-0.15, -0.1) is 5.11 Å². The molecule has 3 aromatic carbocycles. The van der Waals surface area contributed by atoms with Crippen molar-refractivity contribution >= 4 is 28.2 Å². The van der Waals surface area contributed by atoms with Gasteiger partial charge in [-0.25, -0.2) is 0 Å². The fourth-order valence-corrected chi connectivity index (χ4v) is 3.03. The first-order valence-electron chi connectivity index (χ1n) is 7.59. The summed E-state index contributed by atoms with van der Waals surface area (Å²) < 4.78 is 0. The number of rotatable bonds is 3. The first-order valence-corrected chi connectivity index (χ1v) is 7.59. The largest absolute Gasteiger partial charge is 0.296 e. The van der Waals surface area contributed by atoms with Crippen LogP contribution >= 0.6 is 0 Å². The zero-order valence-electron chi connectivity index (χ0n) is 12.7. The highest BCUT2D eigenvalue weighted by molar-refractivity contribution is 5.95. The molecule has 0 heterocycles. The molecule has 5 heteroatoms. The van der Waals surface area contributed by atoms with E-state index in [1.165, 1.54) is 22.4 Å². The molecule has 0 radical (unpaired) electrons. The Bertz CT molecular complexity index is 1020. The van der Waals surface area contributed by atoms with Gasteiger partial charge >= 0.3 is 0 Å². The molecule has 24 heavy (non-hydrogen) atoms. The van der Waals surface area contributed by atoms with Crippen molar-refractivity contribution in [3.05, 3.63) is 87.6 Å². The van der Waals surface area contributed by atoms with Gasteiger partial charge in [0.1, 0.15) is 0 Å². The second-order valence-electron chi connectivity index (χ2n) is 5.62. The summed E-state index contributed by atoms with van der Waals surface area (Å²) in [6, 6.07) is 18.7. The Morgan fingerprint density at radius 2 is 1.71 bits per heavy atom. The molecule has 1 aliphatic rings. The van der Waals surface area contributed by atoms with Crippen molar-refractivity contribution in [1.82, 2.24) is 0 Å². The molecule has 0 atom stereocenters. The van der Waals surface area contributed by atoms with E-state index in [2.05, 4.69) is 28.4 Å². The predicted octanol–water partition coefficient (Wildman–Crippen LogP) is 5.43. The topological polar surface area (TPSA) is 67.9 Å². The Morgan fingerprint density at radius 3 is 2.54 bits per heavy atom. The van der Waals surface area contributed by atoms with Crippen LogP contribution in [-0.2, 0) is 6.42 Å². The Kier molecular flexibility index (Phi) is 3.39. The Morgan fingerprint density at radius 1 is 0.917 bits per heavy atom. The van der Waals surface area contributed by atoms with E-state index in [-0.39, 0.29) is 11.4 Å². The predicted molar refractivity (Wildman–Crippen MR) is 93.2 cm³/mol. The maximum atomic E-state index is 11.1. The van der Waals surface area contributed by atoms with Gasteiger partial charge in [0.25, 0.3) is 5.69 Å². The van der Waals surface area contributed by atoms with Crippen LogP contribution in [0.2, 0.25) is 0 Å². The van der Waals surface area contributed by atoms with Crippen molar-refractivity contribution < 1.29 is 4.92 Å². The standard InChI is InChI=1S/C19H13N3O2/c23-22(24)18-10-2-1-9-17(18)21-20-16-11-14-7-3-5-13-6-4-8-15(12-16)19(13)14/h1-11H,12H2. The number of hydrogen-bond donors (Lipinski definition) is 0. The van der Waals surface area contributed by atoms with E-state index in [0.29, 0.717) is 6.42 Å². The van der Waals surface area contributed by atoms with Gasteiger partial charge in [-0.05, 0) is 34.0 Å². The maximum absolute atomic E-state index is 11.1. The Balaban J connectivity index is 1.73. The smallest absolute Gasteiger partial charge is 0.258 e. The summed E-state index contributed by atoms with van der Waals surface area (Å²) >= 11 is 0. The number of azo groups is 1. The lowest BCUT2D eigenvalue weighted by Gasteiger charge is -2.14. The fraction of sp³-hybridized carbons (Fsp3) is 0.0526. The van der Waals surface area contributed by atoms with E-state index in [9.17, 15) is 10.1 Å². The normalized spacial score (nSPS) is 13.2. The molecule has 0 N–H and O–H groups in total. The van der Waals surface area contributed by atoms with Crippen LogP contribution in [0.5, 0.6) is 0 Å². The average Bonchev–Trinajstić information content (AvgIpc) is 2.60. The zero-order chi connectivity index (χ0) is 16.5. The molecule has 0 aliphatic heterocycles. The van der Waals surface area contributed by atoms with Gasteiger partial charge in [0.15, 0.2) is 5.69 Å². The highest BCUT2D eigenvalue weighted by Crippen LogP contribution is 2.33. The van der Waals surface area contributed by atoms with Crippen molar-refractivity contribution in [2.45, 2.75) is 6.42 Å².